The van der Waals surface area contributed by atoms with Crippen LogP contribution < -0.4 is 4.74 Å². The monoisotopic (exact) mass is 395 g/mol. The summed E-state index contributed by atoms with van der Waals surface area (Å²) in [7, 11) is 0. The molecule has 0 bridgehead atoms. The summed E-state index contributed by atoms with van der Waals surface area (Å²) in [6.45, 7) is 2.57. The molecule has 1 atom stereocenters. The van der Waals surface area contributed by atoms with E-state index in [1.165, 1.54) is 6.26 Å². The minimum atomic E-state index is -0.715. The largest absolute Gasteiger partial charge is 0.507 e. The highest BCUT2D eigenvalue weighted by molar-refractivity contribution is 6.46. The first-order valence-corrected chi connectivity index (χ1v) is 10.2. The number of likely N-dealkylation sites (tertiary alicyclic amines) is 1. The lowest BCUT2D eigenvalue weighted by Crippen LogP contribution is -2.37. The summed E-state index contributed by atoms with van der Waals surface area (Å²) in [6, 6.07) is 9.68. The lowest BCUT2D eigenvalue weighted by molar-refractivity contribution is -0.141. The Morgan fingerprint density at radius 2 is 2.00 bits per heavy atom. The van der Waals surface area contributed by atoms with Gasteiger partial charge in [0.1, 0.15) is 23.3 Å². The molecule has 2 fully saturated rings. The highest BCUT2D eigenvalue weighted by Gasteiger charge is 2.50. The van der Waals surface area contributed by atoms with Crippen molar-refractivity contribution in [3.63, 3.8) is 0 Å². The van der Waals surface area contributed by atoms with Gasteiger partial charge in [0.05, 0.1) is 18.4 Å². The maximum absolute atomic E-state index is 13.0. The molecule has 2 heterocycles. The summed E-state index contributed by atoms with van der Waals surface area (Å²) in [6.07, 6.45) is 6.13. The van der Waals surface area contributed by atoms with E-state index in [0.717, 1.165) is 32.1 Å². The van der Waals surface area contributed by atoms with Gasteiger partial charge in [-0.3, -0.25) is 9.59 Å². The molecule has 6 heteroatoms. The second-order valence-electron chi connectivity index (χ2n) is 7.54. The molecule has 4 rings (SSSR count). The molecule has 1 amide bonds. The first-order chi connectivity index (χ1) is 14.1. The maximum atomic E-state index is 13.0. The fourth-order valence-electron chi connectivity index (χ4n) is 4.24. The molecular formula is C23H25NO5. The van der Waals surface area contributed by atoms with Gasteiger partial charge in [-0.2, -0.15) is 0 Å². The minimum absolute atomic E-state index is 0.0222. The number of aliphatic hydroxyl groups is 1. The van der Waals surface area contributed by atoms with E-state index in [1.54, 1.807) is 41.3 Å². The van der Waals surface area contributed by atoms with Gasteiger partial charge in [-0.05, 0) is 43.5 Å². The van der Waals surface area contributed by atoms with Gasteiger partial charge in [0.2, 0.25) is 0 Å². The van der Waals surface area contributed by atoms with Crippen LogP contribution in [0.1, 0.15) is 56.4 Å². The summed E-state index contributed by atoms with van der Waals surface area (Å²) in [5, 5.41) is 11.1. The Bertz CT molecular complexity index is 925. The van der Waals surface area contributed by atoms with Crippen LogP contribution in [-0.2, 0) is 9.59 Å². The summed E-state index contributed by atoms with van der Waals surface area (Å²) in [5.41, 5.74) is 0.518. The lowest BCUT2D eigenvalue weighted by atomic mass is 9.98. The van der Waals surface area contributed by atoms with Gasteiger partial charge in [-0.1, -0.05) is 31.9 Å². The number of carbonyl (C=O) groups is 2. The van der Waals surface area contributed by atoms with Crippen LogP contribution in [0, 0.1) is 0 Å². The smallest absolute Gasteiger partial charge is 0.296 e. The third kappa shape index (κ3) is 3.55. The van der Waals surface area contributed by atoms with E-state index in [2.05, 4.69) is 0 Å². The highest BCUT2D eigenvalue weighted by Crippen LogP contribution is 2.43. The molecule has 152 valence electrons. The number of amides is 1. The van der Waals surface area contributed by atoms with Crippen molar-refractivity contribution < 1.29 is 23.8 Å². The van der Waals surface area contributed by atoms with E-state index in [9.17, 15) is 14.7 Å². The first kappa shape index (κ1) is 19.3. The van der Waals surface area contributed by atoms with Crippen LogP contribution in [0.25, 0.3) is 5.76 Å². The summed E-state index contributed by atoms with van der Waals surface area (Å²) in [5.74, 6) is -0.354. The molecule has 29 heavy (non-hydrogen) atoms. The fraction of sp³-hybridized carbons (Fsp3) is 0.391. The molecule has 0 radical (unpaired) electrons. The average Bonchev–Trinajstić information content (AvgIpc) is 3.48. The summed E-state index contributed by atoms with van der Waals surface area (Å²) >= 11 is 0. The minimum Gasteiger partial charge on any atom is -0.507 e. The van der Waals surface area contributed by atoms with E-state index in [0.29, 0.717) is 23.7 Å². The van der Waals surface area contributed by atoms with Crippen molar-refractivity contribution in [3.8, 4) is 5.75 Å². The number of hydrogen-bond donors (Lipinski definition) is 1. The summed E-state index contributed by atoms with van der Waals surface area (Å²) in [4.78, 5) is 27.5. The fourth-order valence-corrected chi connectivity index (χ4v) is 4.24. The second-order valence-corrected chi connectivity index (χ2v) is 7.54. The Balaban J connectivity index is 1.79. The zero-order chi connectivity index (χ0) is 20.4. The Morgan fingerprint density at radius 1 is 1.21 bits per heavy atom. The molecule has 1 aliphatic carbocycles. The van der Waals surface area contributed by atoms with Crippen molar-refractivity contribution in [1.29, 1.82) is 0 Å². The Labute approximate surface area is 169 Å². The number of nitrogens with zero attached hydrogens (tertiary/aromatic N) is 1. The number of ether oxygens (including phenoxy) is 1. The van der Waals surface area contributed by atoms with Crippen molar-refractivity contribution in [2.75, 3.05) is 6.61 Å². The molecule has 2 aromatic rings. The average molecular weight is 395 g/mol. The molecule has 2 aliphatic rings. The molecular weight excluding hydrogens is 370 g/mol. The number of aliphatic hydroxyl groups excluding tert-OH is 1. The highest BCUT2D eigenvalue weighted by atomic mass is 16.5. The van der Waals surface area contributed by atoms with Gasteiger partial charge in [0.15, 0.2) is 0 Å². The Morgan fingerprint density at radius 3 is 2.69 bits per heavy atom. The predicted molar refractivity (Wildman–Crippen MR) is 107 cm³/mol. The number of benzene rings is 1. The number of furan rings is 1. The standard InChI is InChI=1S/C23H25NO5/c1-2-12-28-17-10-5-7-15(14-17)21(25)19-20(18-11-6-13-29-18)24(23(27)22(19)26)16-8-3-4-9-16/h5-7,10-11,13-14,16,20,25H,2-4,8-9,12H2,1H3/b21-19-. The van der Waals surface area contributed by atoms with Crippen molar-refractivity contribution in [2.45, 2.75) is 51.1 Å². The topological polar surface area (TPSA) is 80.0 Å². The molecule has 1 aromatic heterocycles. The number of hydrogen-bond acceptors (Lipinski definition) is 5. The SMILES string of the molecule is CCCOc1cccc(/C(O)=C2/C(=O)C(=O)N(C3CCCC3)C2c2ccco2)c1. The van der Waals surface area contributed by atoms with E-state index in [-0.39, 0.29) is 17.4 Å². The molecule has 1 saturated heterocycles. The normalized spacial score (nSPS) is 21.8. The van der Waals surface area contributed by atoms with E-state index in [1.807, 2.05) is 6.92 Å². The van der Waals surface area contributed by atoms with Crippen molar-refractivity contribution in [2.24, 2.45) is 0 Å². The predicted octanol–water partition coefficient (Wildman–Crippen LogP) is 4.43. The third-order valence-electron chi connectivity index (χ3n) is 5.59. The van der Waals surface area contributed by atoms with Crippen LogP contribution in [0.4, 0.5) is 0 Å². The van der Waals surface area contributed by atoms with Gasteiger partial charge < -0.3 is 19.2 Å². The van der Waals surface area contributed by atoms with Gasteiger partial charge >= 0.3 is 0 Å². The molecule has 1 saturated carbocycles. The summed E-state index contributed by atoms with van der Waals surface area (Å²) < 4.78 is 11.2. The maximum Gasteiger partial charge on any atom is 0.296 e. The lowest BCUT2D eigenvalue weighted by Gasteiger charge is -2.29. The van der Waals surface area contributed by atoms with Crippen LogP contribution in [0.3, 0.4) is 0 Å². The van der Waals surface area contributed by atoms with Gasteiger partial charge in [-0.25, -0.2) is 0 Å². The first-order valence-electron chi connectivity index (χ1n) is 10.2. The van der Waals surface area contributed by atoms with Crippen LogP contribution in [-0.4, -0.2) is 34.3 Å². The van der Waals surface area contributed by atoms with Gasteiger partial charge in [-0.15, -0.1) is 0 Å². The number of ketones is 1. The van der Waals surface area contributed by atoms with Gasteiger partial charge in [0, 0.05) is 11.6 Å². The van der Waals surface area contributed by atoms with E-state index < -0.39 is 17.7 Å². The van der Waals surface area contributed by atoms with E-state index >= 15 is 0 Å². The molecule has 1 aliphatic heterocycles. The van der Waals surface area contributed by atoms with Crippen LogP contribution in [0.15, 0.2) is 52.7 Å². The zero-order valence-corrected chi connectivity index (χ0v) is 16.5. The zero-order valence-electron chi connectivity index (χ0n) is 16.5. The van der Waals surface area contributed by atoms with Crippen LogP contribution in [0.2, 0.25) is 0 Å². The Kier molecular flexibility index (Phi) is 5.43. The number of rotatable bonds is 6. The molecule has 0 spiro atoms. The molecule has 1 unspecified atom stereocenters. The van der Waals surface area contributed by atoms with Crippen LogP contribution >= 0.6 is 0 Å². The van der Waals surface area contributed by atoms with Crippen molar-refractivity contribution in [1.82, 2.24) is 4.90 Å². The third-order valence-corrected chi connectivity index (χ3v) is 5.59. The molecule has 6 nitrogen and oxygen atoms in total. The van der Waals surface area contributed by atoms with Crippen LogP contribution in [0.5, 0.6) is 5.75 Å². The Hall–Kier alpha value is -3.02. The van der Waals surface area contributed by atoms with E-state index in [4.69, 9.17) is 9.15 Å². The second kappa shape index (κ2) is 8.15. The quantitative estimate of drug-likeness (QED) is 0.445. The number of carbonyl (C=O) groups excluding carboxylic acids is 2. The molecule has 1 N–H and O–H groups in total. The molecule has 1 aromatic carbocycles. The van der Waals surface area contributed by atoms with Gasteiger partial charge in [0.25, 0.3) is 11.7 Å². The van der Waals surface area contributed by atoms with Crippen molar-refractivity contribution in [3.05, 3.63) is 59.6 Å². The number of Topliss-reactive ketones (excluding diaryl/α,β-unsaturated/α-hetero) is 1. The van der Waals surface area contributed by atoms with Crippen molar-refractivity contribution >= 4 is 17.4 Å².